The van der Waals surface area contributed by atoms with E-state index in [1.165, 1.54) is 51.6 Å². The summed E-state index contributed by atoms with van der Waals surface area (Å²) in [6.45, 7) is 5.17. The molecular weight excluding hydrogens is 268 g/mol. The molecule has 1 aromatic rings. The molecule has 1 aliphatic heterocycles. The van der Waals surface area contributed by atoms with Crippen LogP contribution in [0.15, 0.2) is 18.2 Å². The minimum Gasteiger partial charge on any atom is -0.399 e. The Morgan fingerprint density at radius 3 is 2.91 bits per heavy atom. The largest absolute Gasteiger partial charge is 0.399 e. The highest BCUT2D eigenvalue weighted by atomic mass is 15.2. The van der Waals surface area contributed by atoms with Crippen LogP contribution in [-0.4, -0.2) is 24.0 Å². The third-order valence-corrected chi connectivity index (χ3v) is 7.36. The fraction of sp³-hybridized carbons (Fsp3) is 0.700. The average Bonchev–Trinajstić information content (AvgIpc) is 3.34. The molecule has 1 saturated heterocycles. The zero-order chi connectivity index (χ0) is 14.9. The van der Waals surface area contributed by atoms with Crippen LogP contribution in [0, 0.1) is 11.8 Å². The van der Waals surface area contributed by atoms with Crippen molar-refractivity contribution in [3.63, 3.8) is 0 Å². The predicted molar refractivity (Wildman–Crippen MR) is 91.0 cm³/mol. The van der Waals surface area contributed by atoms with Gasteiger partial charge in [0, 0.05) is 36.2 Å². The van der Waals surface area contributed by atoms with E-state index in [9.17, 15) is 0 Å². The molecule has 22 heavy (non-hydrogen) atoms. The van der Waals surface area contributed by atoms with Gasteiger partial charge in [-0.15, -0.1) is 0 Å². The third kappa shape index (κ3) is 1.65. The van der Waals surface area contributed by atoms with Crippen molar-refractivity contribution in [2.45, 2.75) is 62.8 Å². The zero-order valence-corrected chi connectivity index (χ0v) is 13.7. The highest BCUT2D eigenvalue weighted by Crippen LogP contribution is 2.65. The van der Waals surface area contributed by atoms with Crippen molar-refractivity contribution < 1.29 is 0 Å². The lowest BCUT2D eigenvalue weighted by atomic mass is 9.44. The van der Waals surface area contributed by atoms with Crippen LogP contribution in [0.4, 0.5) is 5.69 Å². The number of nitrogen functional groups attached to an aromatic ring is 1. The summed E-state index contributed by atoms with van der Waals surface area (Å²) in [6, 6.07) is 7.52. The van der Waals surface area contributed by atoms with Crippen LogP contribution in [0.5, 0.6) is 0 Å². The molecule has 2 saturated carbocycles. The van der Waals surface area contributed by atoms with Gasteiger partial charge in [-0.05, 0) is 67.7 Å². The second-order valence-electron chi connectivity index (χ2n) is 8.43. The van der Waals surface area contributed by atoms with E-state index in [1.807, 2.05) is 0 Å². The lowest BCUT2D eigenvalue weighted by molar-refractivity contribution is -0.0307. The van der Waals surface area contributed by atoms with Crippen LogP contribution in [0.1, 0.15) is 62.5 Å². The van der Waals surface area contributed by atoms with Gasteiger partial charge in [-0.2, -0.15) is 0 Å². The van der Waals surface area contributed by atoms with E-state index in [0.717, 1.165) is 29.5 Å². The molecule has 4 atom stereocenters. The molecule has 2 nitrogen and oxygen atoms in total. The predicted octanol–water partition coefficient (Wildman–Crippen LogP) is 3.91. The van der Waals surface area contributed by atoms with Gasteiger partial charge in [-0.25, -0.2) is 0 Å². The number of piperidine rings is 1. The summed E-state index contributed by atoms with van der Waals surface area (Å²) in [4.78, 5) is 2.84. The van der Waals surface area contributed by atoms with Gasteiger partial charge >= 0.3 is 0 Å². The van der Waals surface area contributed by atoms with Gasteiger partial charge in [0.05, 0.1) is 0 Å². The van der Waals surface area contributed by atoms with Crippen molar-refractivity contribution in [3.8, 4) is 0 Å². The third-order valence-electron chi connectivity index (χ3n) is 7.36. The average molecular weight is 296 g/mol. The quantitative estimate of drug-likeness (QED) is 0.838. The molecule has 1 heterocycles. The van der Waals surface area contributed by atoms with Crippen LogP contribution in [0.3, 0.4) is 0 Å². The Kier molecular flexibility index (Phi) is 2.75. The Balaban J connectivity index is 1.56. The number of nitrogens with zero attached hydrogens (tertiary/aromatic N) is 1. The molecule has 2 heteroatoms. The highest BCUT2D eigenvalue weighted by molar-refractivity contribution is 5.58. The molecule has 118 valence electrons. The van der Waals surface area contributed by atoms with Crippen LogP contribution < -0.4 is 5.73 Å². The first kappa shape index (κ1) is 13.4. The van der Waals surface area contributed by atoms with Crippen LogP contribution >= 0.6 is 0 Å². The van der Waals surface area contributed by atoms with Crippen LogP contribution in [0.2, 0.25) is 0 Å². The summed E-state index contributed by atoms with van der Waals surface area (Å²) in [5, 5.41) is 0. The van der Waals surface area contributed by atoms with Gasteiger partial charge < -0.3 is 5.73 Å². The summed E-state index contributed by atoms with van der Waals surface area (Å²) >= 11 is 0. The van der Waals surface area contributed by atoms with Crippen LogP contribution in [0.25, 0.3) is 0 Å². The van der Waals surface area contributed by atoms with Crippen molar-refractivity contribution in [2.24, 2.45) is 11.8 Å². The molecule has 1 aromatic carbocycles. The maximum Gasteiger partial charge on any atom is 0.0317 e. The van der Waals surface area contributed by atoms with E-state index in [0.29, 0.717) is 5.41 Å². The summed E-state index contributed by atoms with van der Waals surface area (Å²) in [5.74, 6) is 2.64. The Morgan fingerprint density at radius 1 is 1.23 bits per heavy atom. The number of nitrogens with two attached hydrogens (primary N) is 1. The molecule has 3 aliphatic carbocycles. The summed E-state index contributed by atoms with van der Waals surface area (Å²) < 4.78 is 0. The van der Waals surface area contributed by atoms with Crippen molar-refractivity contribution in [2.75, 3.05) is 18.8 Å². The number of rotatable bonds is 2. The number of likely N-dealkylation sites (tertiary alicyclic amines) is 1. The maximum atomic E-state index is 6.13. The van der Waals surface area contributed by atoms with Gasteiger partial charge in [0.1, 0.15) is 0 Å². The lowest BCUT2D eigenvalue weighted by Crippen LogP contribution is -2.64. The molecule has 0 amide bonds. The van der Waals surface area contributed by atoms with E-state index in [2.05, 4.69) is 30.0 Å². The zero-order valence-electron chi connectivity index (χ0n) is 13.7. The van der Waals surface area contributed by atoms with E-state index < -0.39 is 0 Å². The smallest absolute Gasteiger partial charge is 0.0317 e. The van der Waals surface area contributed by atoms with Gasteiger partial charge in [-0.1, -0.05) is 18.9 Å². The molecule has 0 bridgehead atoms. The number of anilines is 1. The first-order chi connectivity index (χ1) is 10.7. The van der Waals surface area contributed by atoms with Crippen molar-refractivity contribution in [3.05, 3.63) is 29.3 Å². The summed E-state index contributed by atoms with van der Waals surface area (Å²) in [7, 11) is 0. The number of benzene rings is 1. The van der Waals surface area contributed by atoms with E-state index in [1.54, 1.807) is 11.1 Å². The normalized spacial score (nSPS) is 40.3. The second-order valence-corrected chi connectivity index (χ2v) is 8.43. The van der Waals surface area contributed by atoms with E-state index in [-0.39, 0.29) is 0 Å². The molecular formula is C20H28N2. The summed E-state index contributed by atoms with van der Waals surface area (Å²) in [6.07, 6.45) is 8.61. The van der Waals surface area contributed by atoms with Gasteiger partial charge in [0.25, 0.3) is 0 Å². The molecule has 4 aliphatic rings. The van der Waals surface area contributed by atoms with Gasteiger partial charge in [0.15, 0.2) is 0 Å². The van der Waals surface area contributed by atoms with E-state index in [4.69, 9.17) is 5.73 Å². The number of hydrogen-bond acceptors (Lipinski definition) is 2. The molecule has 4 unspecified atom stereocenters. The fourth-order valence-electron chi connectivity index (χ4n) is 6.12. The molecule has 3 fully saturated rings. The fourth-order valence-corrected chi connectivity index (χ4v) is 6.12. The molecule has 5 rings (SSSR count). The Morgan fingerprint density at radius 2 is 2.09 bits per heavy atom. The van der Waals surface area contributed by atoms with Gasteiger partial charge in [-0.3, -0.25) is 4.90 Å². The molecule has 0 aromatic heterocycles. The first-order valence-corrected chi connectivity index (χ1v) is 9.34. The topological polar surface area (TPSA) is 29.3 Å². The number of fused-ring (bicyclic) bond motifs is 2. The molecule has 2 N–H and O–H groups in total. The first-order valence-electron chi connectivity index (χ1n) is 9.34. The van der Waals surface area contributed by atoms with Crippen LogP contribution in [-0.2, 0) is 5.41 Å². The Bertz CT molecular complexity index is 606. The Labute approximate surface area is 134 Å². The molecule has 0 radical (unpaired) electrons. The maximum absolute atomic E-state index is 6.13. The van der Waals surface area contributed by atoms with Crippen molar-refractivity contribution >= 4 is 5.69 Å². The minimum atomic E-state index is 0.475. The SMILES string of the molecule is CC1C2CCCCC23c2cc(N)ccc2C3CN1CC1CC1. The Hall–Kier alpha value is -1.02. The van der Waals surface area contributed by atoms with Crippen molar-refractivity contribution in [1.82, 2.24) is 4.90 Å². The number of hydrogen-bond donors (Lipinski definition) is 1. The summed E-state index contributed by atoms with van der Waals surface area (Å²) in [5.41, 5.74) is 10.8. The second kappa shape index (κ2) is 4.50. The monoisotopic (exact) mass is 296 g/mol. The van der Waals surface area contributed by atoms with Crippen molar-refractivity contribution in [1.29, 1.82) is 0 Å². The minimum absolute atomic E-state index is 0.475. The lowest BCUT2D eigenvalue weighted by Gasteiger charge is -2.65. The standard InChI is InChI=1S/C20H28N2/c1-13-17-4-2-3-9-20(17)18-10-15(21)7-8-16(18)19(20)12-22(13)11-14-5-6-14/h7-8,10,13-14,17,19H,2-6,9,11-12,21H2,1H3. The van der Waals surface area contributed by atoms with Gasteiger partial charge in [0.2, 0.25) is 0 Å². The molecule has 1 spiro atoms. The highest BCUT2D eigenvalue weighted by Gasteiger charge is 2.61. The van der Waals surface area contributed by atoms with E-state index >= 15 is 0 Å².